The summed E-state index contributed by atoms with van der Waals surface area (Å²) in [5.41, 5.74) is -1.29. The van der Waals surface area contributed by atoms with Crippen molar-refractivity contribution in [2.75, 3.05) is 5.75 Å². The molecular weight excluding hydrogens is 232 g/mol. The Morgan fingerprint density at radius 1 is 1.40 bits per heavy atom. The third kappa shape index (κ3) is 7.99. The summed E-state index contributed by atoms with van der Waals surface area (Å²) < 4.78 is 0. The lowest BCUT2D eigenvalue weighted by atomic mass is 10.0. The van der Waals surface area contributed by atoms with E-state index in [0.717, 1.165) is 23.0 Å². The summed E-state index contributed by atoms with van der Waals surface area (Å²) in [6.07, 6.45) is 4.75. The number of aliphatic hydroxyl groups excluding tert-OH is 1. The molecule has 0 aromatic rings. The zero-order valence-electron chi connectivity index (χ0n) is 9.31. The van der Waals surface area contributed by atoms with Gasteiger partial charge in [-0.15, -0.1) is 0 Å². The summed E-state index contributed by atoms with van der Waals surface area (Å²) in [6.45, 7) is 4.32. The van der Waals surface area contributed by atoms with Crippen molar-refractivity contribution in [2.45, 2.75) is 45.0 Å². The van der Waals surface area contributed by atoms with Crippen LogP contribution in [0.5, 0.6) is 0 Å². The summed E-state index contributed by atoms with van der Waals surface area (Å²) >= 11 is 0. The van der Waals surface area contributed by atoms with E-state index in [1.165, 1.54) is 30.1 Å². The van der Waals surface area contributed by atoms with Crippen LogP contribution in [0.3, 0.4) is 0 Å². The van der Waals surface area contributed by atoms with Crippen LogP contribution in [0.15, 0.2) is 0 Å². The van der Waals surface area contributed by atoms with Crippen molar-refractivity contribution in [3.05, 3.63) is 0 Å². The van der Waals surface area contributed by atoms with E-state index in [0.29, 0.717) is 5.92 Å². The summed E-state index contributed by atoms with van der Waals surface area (Å²) in [6, 6.07) is 0. The second-order valence-electron chi connectivity index (χ2n) is 3.49. The summed E-state index contributed by atoms with van der Waals surface area (Å²) in [5, 5.41) is 17.5. The minimum atomic E-state index is -1.29. The van der Waals surface area contributed by atoms with E-state index in [1.807, 2.05) is 0 Å². The Labute approximate surface area is 99.4 Å². The van der Waals surface area contributed by atoms with Gasteiger partial charge in [-0.2, -0.15) is 0 Å². The minimum Gasteiger partial charge on any atom is -0.479 e. The molecule has 0 aromatic carbocycles. The van der Waals surface area contributed by atoms with E-state index >= 15 is 0 Å². The predicted octanol–water partition coefficient (Wildman–Crippen LogP) is 2.99. The summed E-state index contributed by atoms with van der Waals surface area (Å²) in [5.74, 6) is 0.406. The molecule has 2 N–H and O–H groups in total. The van der Waals surface area contributed by atoms with E-state index in [2.05, 4.69) is 13.8 Å². The predicted molar refractivity (Wildman–Crippen MR) is 67.0 cm³/mol. The smallest absolute Gasteiger partial charge is 0.344 e. The quantitative estimate of drug-likeness (QED) is 0.488. The molecule has 5 heteroatoms. The van der Waals surface area contributed by atoms with Crippen LogP contribution < -0.4 is 0 Å². The molecular formula is C10H20O3S2. The monoisotopic (exact) mass is 252 g/mol. The molecule has 0 fully saturated rings. The Morgan fingerprint density at radius 3 is 2.53 bits per heavy atom. The highest BCUT2D eigenvalue weighted by atomic mass is 33.1. The normalized spacial score (nSPS) is 14.9. The van der Waals surface area contributed by atoms with Gasteiger partial charge in [-0.25, -0.2) is 4.79 Å². The molecule has 0 saturated carbocycles. The first-order chi connectivity index (χ1) is 7.11. The van der Waals surface area contributed by atoms with Crippen LogP contribution in [0.1, 0.15) is 39.5 Å². The Bertz CT molecular complexity index is 176. The molecule has 0 amide bonds. The van der Waals surface area contributed by atoms with Crippen molar-refractivity contribution in [2.24, 2.45) is 5.92 Å². The van der Waals surface area contributed by atoms with Crippen molar-refractivity contribution < 1.29 is 15.0 Å². The van der Waals surface area contributed by atoms with Gasteiger partial charge in [0.25, 0.3) is 0 Å². The van der Waals surface area contributed by atoms with Crippen molar-refractivity contribution >= 4 is 27.6 Å². The largest absolute Gasteiger partial charge is 0.479 e. The summed E-state index contributed by atoms with van der Waals surface area (Å²) in [4.78, 5) is 10.3. The lowest BCUT2D eigenvalue weighted by Crippen LogP contribution is -2.14. The first-order valence-corrected chi connectivity index (χ1v) is 7.69. The van der Waals surface area contributed by atoms with Gasteiger partial charge in [0.15, 0.2) is 0 Å². The number of hydrogen-bond acceptors (Lipinski definition) is 4. The van der Waals surface area contributed by atoms with Gasteiger partial charge < -0.3 is 10.2 Å². The van der Waals surface area contributed by atoms with Crippen LogP contribution in [-0.2, 0) is 4.79 Å². The Morgan fingerprint density at radius 2 is 2.07 bits per heavy atom. The van der Waals surface area contributed by atoms with Gasteiger partial charge in [-0.05, 0) is 12.3 Å². The number of aliphatic carboxylic acids is 1. The maximum Gasteiger partial charge on any atom is 0.344 e. The van der Waals surface area contributed by atoms with Gasteiger partial charge in [0.2, 0.25) is 5.44 Å². The SMILES string of the molecule is CCCCC(CC)CSSC(O)C(=O)O. The van der Waals surface area contributed by atoms with E-state index in [-0.39, 0.29) is 0 Å². The molecule has 0 aromatic heterocycles. The highest BCUT2D eigenvalue weighted by molar-refractivity contribution is 8.77. The molecule has 0 spiro atoms. The van der Waals surface area contributed by atoms with Crippen LogP contribution in [-0.4, -0.2) is 27.4 Å². The molecule has 0 aliphatic rings. The third-order valence-electron chi connectivity index (χ3n) is 2.22. The number of aliphatic hydroxyl groups is 1. The third-order valence-corrected chi connectivity index (χ3v) is 4.71. The topological polar surface area (TPSA) is 57.5 Å². The molecule has 0 aliphatic heterocycles. The lowest BCUT2D eigenvalue weighted by molar-refractivity contribution is -0.141. The number of unbranched alkanes of at least 4 members (excludes halogenated alkanes) is 1. The van der Waals surface area contributed by atoms with E-state index in [4.69, 9.17) is 10.2 Å². The molecule has 0 aliphatic carbocycles. The standard InChI is InChI=1S/C10H20O3S2/c1-3-5-6-8(4-2)7-14-15-10(13)9(11)12/h8,10,13H,3-7H2,1-2H3,(H,11,12). The number of hydrogen-bond donors (Lipinski definition) is 2. The van der Waals surface area contributed by atoms with Crippen molar-refractivity contribution in [1.29, 1.82) is 0 Å². The molecule has 0 heterocycles. The maximum absolute atomic E-state index is 10.3. The first kappa shape index (κ1) is 15.1. The molecule has 15 heavy (non-hydrogen) atoms. The fraction of sp³-hybridized carbons (Fsp3) is 0.900. The average molecular weight is 252 g/mol. The highest BCUT2D eigenvalue weighted by Crippen LogP contribution is 2.30. The fourth-order valence-electron chi connectivity index (χ4n) is 1.14. The van der Waals surface area contributed by atoms with Crippen LogP contribution in [0.25, 0.3) is 0 Å². The minimum absolute atomic E-state index is 0.642. The van der Waals surface area contributed by atoms with Crippen LogP contribution in [0, 0.1) is 5.92 Å². The second-order valence-corrected chi connectivity index (χ2v) is 5.98. The second kappa shape index (κ2) is 9.36. The van der Waals surface area contributed by atoms with Crippen molar-refractivity contribution in [3.8, 4) is 0 Å². The number of carboxylic acid groups (broad SMARTS) is 1. The highest BCUT2D eigenvalue weighted by Gasteiger charge is 2.15. The number of rotatable bonds is 9. The van der Waals surface area contributed by atoms with Crippen molar-refractivity contribution in [1.82, 2.24) is 0 Å². The zero-order chi connectivity index (χ0) is 11.7. The molecule has 0 saturated heterocycles. The van der Waals surface area contributed by atoms with Gasteiger partial charge in [0.05, 0.1) is 0 Å². The Balaban J connectivity index is 3.57. The van der Waals surface area contributed by atoms with Crippen molar-refractivity contribution in [3.63, 3.8) is 0 Å². The summed E-state index contributed by atoms with van der Waals surface area (Å²) in [7, 11) is 2.49. The van der Waals surface area contributed by atoms with E-state index < -0.39 is 11.4 Å². The Hall–Kier alpha value is 0.130. The number of carbonyl (C=O) groups is 1. The molecule has 0 radical (unpaired) electrons. The molecule has 3 nitrogen and oxygen atoms in total. The van der Waals surface area contributed by atoms with Crippen LogP contribution >= 0.6 is 21.6 Å². The van der Waals surface area contributed by atoms with Gasteiger partial charge in [-0.1, -0.05) is 54.7 Å². The van der Waals surface area contributed by atoms with E-state index in [1.54, 1.807) is 0 Å². The average Bonchev–Trinajstić information content (AvgIpc) is 2.22. The van der Waals surface area contributed by atoms with E-state index in [9.17, 15) is 4.79 Å². The molecule has 2 unspecified atom stereocenters. The molecule has 90 valence electrons. The first-order valence-electron chi connectivity index (χ1n) is 5.30. The maximum atomic E-state index is 10.3. The molecule has 2 atom stereocenters. The van der Waals surface area contributed by atoms with Gasteiger partial charge in [0.1, 0.15) is 0 Å². The fourth-order valence-corrected chi connectivity index (χ4v) is 3.47. The van der Waals surface area contributed by atoms with Crippen LogP contribution in [0.2, 0.25) is 0 Å². The Kier molecular flexibility index (Phi) is 9.44. The van der Waals surface area contributed by atoms with Gasteiger partial charge in [0, 0.05) is 5.75 Å². The molecule has 0 bridgehead atoms. The zero-order valence-corrected chi connectivity index (χ0v) is 10.9. The number of carboxylic acids is 1. The lowest BCUT2D eigenvalue weighted by Gasteiger charge is -2.13. The van der Waals surface area contributed by atoms with Crippen LogP contribution in [0.4, 0.5) is 0 Å². The van der Waals surface area contributed by atoms with Gasteiger partial charge in [-0.3, -0.25) is 0 Å². The molecule has 0 rings (SSSR count). The van der Waals surface area contributed by atoms with Gasteiger partial charge >= 0.3 is 5.97 Å².